The molecule has 1 fully saturated rings. The molecule has 0 aromatic rings. The second kappa shape index (κ2) is 5.82. The Hall–Kier alpha value is -0.620. The maximum Gasteiger partial charge on any atom is 0.304 e. The van der Waals surface area contributed by atoms with Crippen LogP contribution in [0.1, 0.15) is 39.5 Å². The minimum absolute atomic E-state index is 0.0370. The molecule has 1 aliphatic carbocycles. The number of carboxylic acids is 1. The maximum atomic E-state index is 11.7. The SMILES string of the molecule is CC1CCC(NS(=O)(=O)CCC(=O)O)C(C)C1. The highest BCUT2D eigenvalue weighted by Gasteiger charge is 2.28. The van der Waals surface area contributed by atoms with Gasteiger partial charge in [0.05, 0.1) is 12.2 Å². The third-order valence-electron chi connectivity index (χ3n) is 3.35. The van der Waals surface area contributed by atoms with Crippen LogP contribution in [-0.2, 0) is 14.8 Å². The lowest BCUT2D eigenvalue weighted by atomic mass is 9.80. The predicted octanol–water partition coefficient (Wildman–Crippen LogP) is 1.21. The van der Waals surface area contributed by atoms with Crippen LogP contribution in [0.3, 0.4) is 0 Å². The van der Waals surface area contributed by atoms with Crippen LogP contribution in [0.15, 0.2) is 0 Å². The van der Waals surface area contributed by atoms with E-state index in [2.05, 4.69) is 11.6 Å². The van der Waals surface area contributed by atoms with Crippen LogP contribution < -0.4 is 4.72 Å². The summed E-state index contributed by atoms with van der Waals surface area (Å²) in [4.78, 5) is 10.4. The van der Waals surface area contributed by atoms with Crippen LogP contribution in [-0.4, -0.2) is 31.3 Å². The minimum atomic E-state index is -3.46. The Morgan fingerprint density at radius 2 is 2.00 bits per heavy atom. The molecule has 0 saturated heterocycles. The highest BCUT2D eigenvalue weighted by Crippen LogP contribution is 2.28. The van der Waals surface area contributed by atoms with Crippen molar-refractivity contribution in [3.05, 3.63) is 0 Å². The van der Waals surface area contributed by atoms with Crippen LogP contribution in [0.2, 0.25) is 0 Å². The molecule has 0 radical (unpaired) electrons. The zero-order valence-electron chi connectivity index (χ0n) is 10.3. The van der Waals surface area contributed by atoms with Crippen molar-refractivity contribution in [2.24, 2.45) is 11.8 Å². The number of aliphatic carboxylic acids is 1. The lowest BCUT2D eigenvalue weighted by Crippen LogP contribution is -2.43. The van der Waals surface area contributed by atoms with E-state index in [9.17, 15) is 13.2 Å². The fraction of sp³-hybridized carbons (Fsp3) is 0.909. The van der Waals surface area contributed by atoms with E-state index in [1.165, 1.54) is 0 Å². The van der Waals surface area contributed by atoms with E-state index in [1.807, 2.05) is 6.92 Å². The molecule has 17 heavy (non-hydrogen) atoms. The first kappa shape index (κ1) is 14.4. The smallest absolute Gasteiger partial charge is 0.304 e. The van der Waals surface area contributed by atoms with E-state index >= 15 is 0 Å². The molecule has 6 heteroatoms. The van der Waals surface area contributed by atoms with Gasteiger partial charge in [0.1, 0.15) is 0 Å². The second-order valence-electron chi connectivity index (χ2n) is 5.08. The van der Waals surface area contributed by atoms with Crippen molar-refractivity contribution in [3.8, 4) is 0 Å². The molecule has 3 atom stereocenters. The number of carboxylic acid groups (broad SMARTS) is 1. The Labute approximate surface area is 103 Å². The molecule has 1 rings (SSSR count). The van der Waals surface area contributed by atoms with E-state index < -0.39 is 16.0 Å². The van der Waals surface area contributed by atoms with Crippen LogP contribution in [0.25, 0.3) is 0 Å². The van der Waals surface area contributed by atoms with Gasteiger partial charge in [0.25, 0.3) is 0 Å². The third kappa shape index (κ3) is 5.04. The summed E-state index contributed by atoms with van der Waals surface area (Å²) in [6.07, 6.45) is 2.55. The van der Waals surface area contributed by atoms with Crippen molar-refractivity contribution in [3.63, 3.8) is 0 Å². The number of carbonyl (C=O) groups is 1. The van der Waals surface area contributed by atoms with Crippen molar-refractivity contribution in [2.45, 2.75) is 45.6 Å². The van der Waals surface area contributed by atoms with Gasteiger partial charge in [-0.2, -0.15) is 0 Å². The first-order valence-corrected chi connectivity index (χ1v) is 7.67. The molecule has 1 aliphatic rings. The van der Waals surface area contributed by atoms with Gasteiger partial charge >= 0.3 is 5.97 Å². The first-order chi connectivity index (χ1) is 7.80. The molecule has 0 aromatic heterocycles. The molecule has 0 aromatic carbocycles. The quantitative estimate of drug-likeness (QED) is 0.781. The molecule has 100 valence electrons. The molecule has 0 amide bonds. The number of rotatable bonds is 5. The normalized spacial score (nSPS) is 30.1. The van der Waals surface area contributed by atoms with Crippen LogP contribution in [0.4, 0.5) is 0 Å². The molecule has 0 heterocycles. The second-order valence-corrected chi connectivity index (χ2v) is 6.96. The molecule has 3 unspecified atom stereocenters. The van der Waals surface area contributed by atoms with Gasteiger partial charge in [0.15, 0.2) is 0 Å². The lowest BCUT2D eigenvalue weighted by molar-refractivity contribution is -0.136. The van der Waals surface area contributed by atoms with Gasteiger partial charge in [-0.15, -0.1) is 0 Å². The van der Waals surface area contributed by atoms with E-state index in [0.29, 0.717) is 11.8 Å². The highest BCUT2D eigenvalue weighted by atomic mass is 32.2. The van der Waals surface area contributed by atoms with E-state index in [-0.39, 0.29) is 18.2 Å². The van der Waals surface area contributed by atoms with Gasteiger partial charge in [0, 0.05) is 6.04 Å². The predicted molar refractivity (Wildman–Crippen MR) is 65.1 cm³/mol. The standard InChI is InChI=1S/C11H21NO4S/c1-8-3-4-10(9(2)7-8)12-17(15,16)6-5-11(13)14/h8-10,12H,3-7H2,1-2H3,(H,13,14). The van der Waals surface area contributed by atoms with Crippen molar-refractivity contribution >= 4 is 16.0 Å². The summed E-state index contributed by atoms with van der Waals surface area (Å²) in [6, 6.07) is -0.0370. The van der Waals surface area contributed by atoms with Crippen molar-refractivity contribution in [1.29, 1.82) is 0 Å². The Kier molecular flexibility index (Phi) is 4.94. The fourth-order valence-electron chi connectivity index (χ4n) is 2.35. The number of hydrogen-bond acceptors (Lipinski definition) is 3. The van der Waals surface area contributed by atoms with Crippen molar-refractivity contribution in [2.75, 3.05) is 5.75 Å². The topological polar surface area (TPSA) is 83.5 Å². The average Bonchev–Trinajstić information content (AvgIpc) is 2.20. The van der Waals surface area contributed by atoms with E-state index in [1.54, 1.807) is 0 Å². The number of nitrogens with one attached hydrogen (secondary N) is 1. The van der Waals surface area contributed by atoms with Gasteiger partial charge in [-0.25, -0.2) is 13.1 Å². The summed E-state index contributed by atoms with van der Waals surface area (Å²) in [5, 5.41) is 8.48. The number of hydrogen-bond donors (Lipinski definition) is 2. The van der Waals surface area contributed by atoms with Crippen LogP contribution in [0.5, 0.6) is 0 Å². The van der Waals surface area contributed by atoms with Gasteiger partial charge in [-0.05, 0) is 31.1 Å². The Morgan fingerprint density at radius 1 is 1.35 bits per heavy atom. The minimum Gasteiger partial charge on any atom is -0.481 e. The van der Waals surface area contributed by atoms with Gasteiger partial charge in [0.2, 0.25) is 10.0 Å². The molecular formula is C11H21NO4S. The first-order valence-electron chi connectivity index (χ1n) is 6.02. The summed E-state index contributed by atoms with van der Waals surface area (Å²) in [7, 11) is -3.46. The summed E-state index contributed by atoms with van der Waals surface area (Å²) in [6.45, 7) is 4.21. The summed E-state index contributed by atoms with van der Waals surface area (Å²) in [5.74, 6) is -0.454. The summed E-state index contributed by atoms with van der Waals surface area (Å²) >= 11 is 0. The molecule has 1 saturated carbocycles. The fourth-order valence-corrected chi connectivity index (χ4v) is 3.72. The zero-order valence-corrected chi connectivity index (χ0v) is 11.2. The average molecular weight is 263 g/mol. The lowest BCUT2D eigenvalue weighted by Gasteiger charge is -2.32. The van der Waals surface area contributed by atoms with Crippen molar-refractivity contribution < 1.29 is 18.3 Å². The number of sulfonamides is 1. The third-order valence-corrected chi connectivity index (χ3v) is 4.75. The molecule has 0 spiro atoms. The molecule has 2 N–H and O–H groups in total. The van der Waals surface area contributed by atoms with Gasteiger partial charge < -0.3 is 5.11 Å². The molecular weight excluding hydrogens is 242 g/mol. The van der Waals surface area contributed by atoms with Gasteiger partial charge in [-0.3, -0.25) is 4.79 Å². The summed E-state index contributed by atoms with van der Waals surface area (Å²) < 4.78 is 25.9. The Balaban J connectivity index is 2.49. The monoisotopic (exact) mass is 263 g/mol. The molecule has 5 nitrogen and oxygen atoms in total. The van der Waals surface area contributed by atoms with E-state index in [4.69, 9.17) is 5.11 Å². The van der Waals surface area contributed by atoms with Gasteiger partial charge in [-0.1, -0.05) is 13.8 Å². The largest absolute Gasteiger partial charge is 0.481 e. The summed E-state index contributed by atoms with van der Waals surface area (Å²) in [5.41, 5.74) is 0. The maximum absolute atomic E-state index is 11.7. The van der Waals surface area contributed by atoms with E-state index in [0.717, 1.165) is 19.3 Å². The van der Waals surface area contributed by atoms with Crippen LogP contribution in [0, 0.1) is 11.8 Å². The molecule has 0 aliphatic heterocycles. The van der Waals surface area contributed by atoms with Crippen LogP contribution >= 0.6 is 0 Å². The van der Waals surface area contributed by atoms with Crippen molar-refractivity contribution in [1.82, 2.24) is 4.72 Å². The Morgan fingerprint density at radius 3 is 2.53 bits per heavy atom. The zero-order chi connectivity index (χ0) is 13.1. The highest BCUT2D eigenvalue weighted by molar-refractivity contribution is 7.89. The molecule has 0 bridgehead atoms. The Bertz CT molecular complexity index is 366.